The highest BCUT2D eigenvalue weighted by molar-refractivity contribution is 5.87. The van der Waals surface area contributed by atoms with Crippen LogP contribution in [0.5, 0.6) is 17.2 Å². The van der Waals surface area contributed by atoms with Gasteiger partial charge in [-0.2, -0.15) is 0 Å². The molecule has 0 unspecified atom stereocenters. The van der Waals surface area contributed by atoms with Crippen molar-refractivity contribution < 1.29 is 69.3 Å². The van der Waals surface area contributed by atoms with E-state index in [2.05, 4.69) is 0 Å². The maximum atomic E-state index is 12.8. The van der Waals surface area contributed by atoms with Crippen molar-refractivity contribution in [1.29, 1.82) is 0 Å². The van der Waals surface area contributed by atoms with Crippen molar-refractivity contribution in [2.45, 2.75) is 74.8 Å². The van der Waals surface area contributed by atoms with E-state index >= 15 is 0 Å². The van der Waals surface area contributed by atoms with Crippen molar-refractivity contribution in [3.05, 3.63) is 59.7 Å². The van der Waals surface area contributed by atoms with Gasteiger partial charge in [0.15, 0.2) is 30.2 Å². The van der Waals surface area contributed by atoms with E-state index in [1.54, 1.807) is 18.2 Å². The van der Waals surface area contributed by atoms with Crippen molar-refractivity contribution >= 4 is 12.0 Å². The Kier molecular flexibility index (Phi) is 10.9. The first kappa shape index (κ1) is 32.6. The van der Waals surface area contributed by atoms with Gasteiger partial charge in [0.2, 0.25) is 0 Å². The predicted octanol–water partition coefficient (Wildman–Crippen LogP) is -0.722. The molecule has 236 valence electrons. The van der Waals surface area contributed by atoms with Crippen LogP contribution in [-0.4, -0.2) is 121 Å². The first-order valence-electron chi connectivity index (χ1n) is 13.6. The Hall–Kier alpha value is -3.31. The molecule has 14 heteroatoms. The van der Waals surface area contributed by atoms with E-state index in [1.807, 2.05) is 0 Å². The molecule has 0 saturated carbocycles. The average molecular weight is 609 g/mol. The molecule has 2 aromatic carbocycles. The number of ether oxygens (including phenoxy) is 5. The number of aromatic hydroxyl groups is 3. The van der Waals surface area contributed by atoms with Gasteiger partial charge in [-0.3, -0.25) is 0 Å². The van der Waals surface area contributed by atoms with E-state index in [-0.39, 0.29) is 30.3 Å². The smallest absolute Gasteiger partial charge is 0.331 e. The molecule has 2 aliphatic rings. The highest BCUT2D eigenvalue weighted by Crippen LogP contribution is 2.32. The summed E-state index contributed by atoms with van der Waals surface area (Å²) in [6.45, 7) is 0.677. The third kappa shape index (κ3) is 8.00. The Morgan fingerprint density at radius 2 is 1.58 bits per heavy atom. The molecule has 0 radical (unpaired) electrons. The van der Waals surface area contributed by atoms with Gasteiger partial charge in [0.1, 0.15) is 42.4 Å². The number of benzene rings is 2. The molecule has 10 atom stereocenters. The molecule has 2 fully saturated rings. The van der Waals surface area contributed by atoms with Gasteiger partial charge in [-0.1, -0.05) is 18.2 Å². The van der Waals surface area contributed by atoms with E-state index in [0.717, 1.165) is 6.08 Å². The van der Waals surface area contributed by atoms with Gasteiger partial charge in [0.25, 0.3) is 0 Å². The van der Waals surface area contributed by atoms with Crippen LogP contribution in [0.15, 0.2) is 48.5 Å². The van der Waals surface area contributed by atoms with Crippen LogP contribution in [0.25, 0.3) is 6.08 Å². The third-order valence-corrected chi connectivity index (χ3v) is 7.16. The van der Waals surface area contributed by atoms with Gasteiger partial charge >= 0.3 is 5.97 Å². The molecule has 0 spiro atoms. The molecule has 0 amide bonds. The Morgan fingerprint density at radius 3 is 2.26 bits per heavy atom. The van der Waals surface area contributed by atoms with Gasteiger partial charge in [-0.25, -0.2) is 4.79 Å². The van der Waals surface area contributed by atoms with Crippen LogP contribution in [0.3, 0.4) is 0 Å². The van der Waals surface area contributed by atoms with Gasteiger partial charge < -0.3 is 64.5 Å². The second kappa shape index (κ2) is 14.4. The number of aliphatic hydroxyl groups excluding tert-OH is 5. The number of esters is 1. The summed E-state index contributed by atoms with van der Waals surface area (Å²) in [5.41, 5.74) is 1.16. The first-order valence-corrected chi connectivity index (χ1v) is 13.6. The van der Waals surface area contributed by atoms with Crippen molar-refractivity contribution in [1.82, 2.24) is 0 Å². The lowest BCUT2D eigenvalue weighted by molar-refractivity contribution is -0.357. The summed E-state index contributed by atoms with van der Waals surface area (Å²) in [6, 6.07) is 10.2. The van der Waals surface area contributed by atoms with Crippen molar-refractivity contribution in [2.75, 3.05) is 13.2 Å². The number of hydrogen-bond donors (Lipinski definition) is 8. The van der Waals surface area contributed by atoms with Gasteiger partial charge in [0, 0.05) is 6.08 Å². The molecule has 2 heterocycles. The van der Waals surface area contributed by atoms with Gasteiger partial charge in [-0.15, -0.1) is 0 Å². The maximum Gasteiger partial charge on any atom is 0.331 e. The van der Waals surface area contributed by atoms with Gasteiger partial charge in [-0.05, 0) is 54.8 Å². The van der Waals surface area contributed by atoms with E-state index < -0.39 is 74.0 Å². The first-order chi connectivity index (χ1) is 20.5. The third-order valence-electron chi connectivity index (χ3n) is 7.16. The summed E-state index contributed by atoms with van der Waals surface area (Å²) in [7, 11) is 0. The zero-order valence-corrected chi connectivity index (χ0v) is 23.1. The van der Waals surface area contributed by atoms with Crippen LogP contribution in [0.1, 0.15) is 18.1 Å². The van der Waals surface area contributed by atoms with E-state index in [0.29, 0.717) is 11.1 Å². The molecular formula is C29H36O14. The maximum absolute atomic E-state index is 12.8. The number of phenolic OH excluding ortho intramolecular Hbond substituents is 3. The molecule has 14 nitrogen and oxygen atoms in total. The SMILES string of the molecule is C[C@@H]1O[C@@H](O[C@@H]2[C@@H](O)[C@H](OCCc3ccc(O)c(O)c3)O[C@H](CO)[C@H]2OC(=O)C=Cc2ccc(O)cc2)[C@H](O)[C@H](O)[C@H]1O. The van der Waals surface area contributed by atoms with Crippen LogP contribution >= 0.6 is 0 Å². The van der Waals surface area contributed by atoms with Crippen molar-refractivity contribution in [3.63, 3.8) is 0 Å². The predicted molar refractivity (Wildman–Crippen MR) is 145 cm³/mol. The Balaban J connectivity index is 1.51. The zero-order valence-electron chi connectivity index (χ0n) is 23.1. The average Bonchev–Trinajstić information content (AvgIpc) is 2.99. The normalized spacial score (nSPS) is 33.0. The zero-order chi connectivity index (χ0) is 31.3. The summed E-state index contributed by atoms with van der Waals surface area (Å²) < 4.78 is 28.3. The standard InChI is InChI=1S/C29H36O14/c1-14-22(35)23(36)24(37)29(40-14)43-27-25(38)28(39-11-10-16-4-8-18(32)19(33)12-16)41-20(13-30)26(27)42-21(34)9-5-15-2-6-17(31)7-3-15/h2-9,12,14,20,22-33,35-38H,10-11,13H2,1H3/t14-,20+,22-,23+,24+,25+,26+,27+,28+,29-/m0/s1. The minimum Gasteiger partial charge on any atom is -0.508 e. The van der Waals surface area contributed by atoms with Crippen molar-refractivity contribution in [3.8, 4) is 17.2 Å². The molecule has 43 heavy (non-hydrogen) atoms. The highest BCUT2D eigenvalue weighted by atomic mass is 16.7. The van der Waals surface area contributed by atoms with Crippen LogP contribution in [0.4, 0.5) is 0 Å². The molecule has 0 aliphatic carbocycles. The molecular weight excluding hydrogens is 572 g/mol. The molecule has 0 aromatic heterocycles. The Bertz CT molecular complexity index is 1240. The Labute approximate surface area is 246 Å². The quantitative estimate of drug-likeness (QED) is 0.0947. The second-order valence-electron chi connectivity index (χ2n) is 10.3. The fourth-order valence-electron chi connectivity index (χ4n) is 4.70. The fourth-order valence-corrected chi connectivity index (χ4v) is 4.70. The van der Waals surface area contributed by atoms with E-state index in [4.69, 9.17) is 23.7 Å². The second-order valence-corrected chi connectivity index (χ2v) is 10.3. The molecule has 2 aliphatic heterocycles. The minimum absolute atomic E-state index is 0.0379. The molecule has 4 rings (SSSR count). The highest BCUT2D eigenvalue weighted by Gasteiger charge is 2.52. The molecule has 2 aromatic rings. The Morgan fingerprint density at radius 1 is 0.860 bits per heavy atom. The van der Waals surface area contributed by atoms with Crippen molar-refractivity contribution in [2.24, 2.45) is 0 Å². The number of rotatable bonds is 10. The van der Waals surface area contributed by atoms with Crippen LogP contribution in [0, 0.1) is 0 Å². The lowest BCUT2D eigenvalue weighted by atomic mass is 9.97. The van der Waals surface area contributed by atoms with E-state index in [9.17, 15) is 45.6 Å². The number of phenols is 3. The largest absolute Gasteiger partial charge is 0.508 e. The number of hydrogen-bond acceptors (Lipinski definition) is 14. The molecule has 8 N–H and O–H groups in total. The lowest BCUT2D eigenvalue weighted by Gasteiger charge is -2.46. The summed E-state index contributed by atoms with van der Waals surface area (Å²) >= 11 is 0. The fraction of sp³-hybridized carbons (Fsp3) is 0.483. The number of carbonyl (C=O) groups is 1. The summed E-state index contributed by atoms with van der Waals surface area (Å²) in [5, 5.41) is 80.8. The number of aliphatic hydroxyl groups is 5. The molecule has 0 bridgehead atoms. The monoisotopic (exact) mass is 608 g/mol. The molecule has 2 saturated heterocycles. The van der Waals surface area contributed by atoms with Gasteiger partial charge in [0.05, 0.1) is 19.3 Å². The number of carbonyl (C=O) groups excluding carboxylic acids is 1. The van der Waals surface area contributed by atoms with Crippen LogP contribution in [-0.2, 0) is 34.9 Å². The summed E-state index contributed by atoms with van der Waals surface area (Å²) in [5.74, 6) is -1.48. The van der Waals surface area contributed by atoms with Crippen LogP contribution < -0.4 is 0 Å². The summed E-state index contributed by atoms with van der Waals surface area (Å²) in [6.07, 6.45) is -12.0. The topological polar surface area (TPSA) is 225 Å². The minimum atomic E-state index is -1.75. The van der Waals surface area contributed by atoms with Crippen LogP contribution in [0.2, 0.25) is 0 Å². The lowest BCUT2D eigenvalue weighted by Crippen LogP contribution is -2.65. The van der Waals surface area contributed by atoms with E-state index in [1.165, 1.54) is 37.3 Å². The summed E-state index contributed by atoms with van der Waals surface area (Å²) in [4.78, 5) is 12.8.